The van der Waals surface area contributed by atoms with Crippen molar-refractivity contribution in [3.63, 3.8) is 0 Å². The molecule has 0 bridgehead atoms. The van der Waals surface area contributed by atoms with Crippen molar-refractivity contribution in [3.8, 4) is 12.1 Å². The van der Waals surface area contributed by atoms with Crippen molar-refractivity contribution in [1.29, 1.82) is 10.5 Å². The van der Waals surface area contributed by atoms with Crippen LogP contribution in [-0.4, -0.2) is 29.9 Å². The van der Waals surface area contributed by atoms with Crippen molar-refractivity contribution >= 4 is 11.5 Å². The molecule has 0 unspecified atom stereocenters. The summed E-state index contributed by atoms with van der Waals surface area (Å²) in [6, 6.07) is 10.1. The molecule has 3 aliphatic rings. The second kappa shape index (κ2) is 4.29. The van der Waals surface area contributed by atoms with Gasteiger partial charge in [0.15, 0.2) is 10.8 Å². The third-order valence-electron chi connectivity index (χ3n) is 5.13. The number of nitrogens with one attached hydrogen (secondary N) is 1. The third kappa shape index (κ3) is 1.29. The molecule has 3 atom stereocenters. The third-order valence-corrected chi connectivity index (χ3v) is 5.13. The number of fused-ring (bicyclic) bond motifs is 2. The van der Waals surface area contributed by atoms with Crippen molar-refractivity contribution in [1.82, 2.24) is 0 Å². The van der Waals surface area contributed by atoms with Gasteiger partial charge in [0.25, 0.3) is 11.5 Å². The lowest BCUT2D eigenvalue weighted by Gasteiger charge is -2.23. The summed E-state index contributed by atoms with van der Waals surface area (Å²) in [4.78, 5) is 13.1. The molecule has 1 aliphatic carbocycles. The van der Waals surface area contributed by atoms with Crippen molar-refractivity contribution in [2.24, 2.45) is 16.6 Å². The first-order chi connectivity index (χ1) is 11.5. The summed E-state index contributed by atoms with van der Waals surface area (Å²) >= 11 is 0. The van der Waals surface area contributed by atoms with Crippen LogP contribution in [0, 0.1) is 43.6 Å². The van der Waals surface area contributed by atoms with Crippen molar-refractivity contribution in [3.05, 3.63) is 39.9 Å². The van der Waals surface area contributed by atoms with Crippen LogP contribution in [0.5, 0.6) is 0 Å². The van der Waals surface area contributed by atoms with Crippen LogP contribution < -0.4 is 10.7 Å². The van der Waals surface area contributed by atoms with Crippen LogP contribution in [0.15, 0.2) is 24.3 Å². The molecule has 1 saturated heterocycles. The van der Waals surface area contributed by atoms with Gasteiger partial charge in [-0.05, 0) is 5.56 Å². The highest BCUT2D eigenvalue weighted by Crippen LogP contribution is 2.79. The molecule has 0 aromatic heterocycles. The number of nitro groups is 1. The number of nitro benzene ring substituents is 1. The summed E-state index contributed by atoms with van der Waals surface area (Å²) < 4.78 is 11.3. The van der Waals surface area contributed by atoms with Gasteiger partial charge in [-0.3, -0.25) is 15.8 Å². The summed E-state index contributed by atoms with van der Waals surface area (Å²) in [5.74, 6) is -1.94. The van der Waals surface area contributed by atoms with Crippen LogP contribution in [0.25, 0.3) is 0 Å². The lowest BCUT2D eigenvalue weighted by Crippen LogP contribution is -2.89. The fraction of sp³-hybridized carbons (Fsp3) is 0.400. The maximum atomic E-state index is 10.8. The molecule has 0 amide bonds. The van der Waals surface area contributed by atoms with Gasteiger partial charge in [0.05, 0.1) is 30.3 Å². The van der Waals surface area contributed by atoms with Gasteiger partial charge in [0.2, 0.25) is 0 Å². The predicted octanol–water partition coefficient (Wildman–Crippen LogP) is -1.14. The Morgan fingerprint density at radius 2 is 1.88 bits per heavy atom. The first-order valence-corrected chi connectivity index (χ1v) is 7.25. The van der Waals surface area contributed by atoms with E-state index < -0.39 is 27.6 Å². The molecule has 0 radical (unpaired) electrons. The average Bonchev–Trinajstić information content (AvgIpc) is 2.84. The Morgan fingerprint density at radius 1 is 1.25 bits per heavy atom. The second-order valence-electron chi connectivity index (χ2n) is 5.97. The molecule has 2 heterocycles. The highest BCUT2D eigenvalue weighted by Gasteiger charge is 2.97. The summed E-state index contributed by atoms with van der Waals surface area (Å²) in [7, 11) is 0. The topological polar surface area (TPSA) is 149 Å². The summed E-state index contributed by atoms with van der Waals surface area (Å²) in [5.41, 5.74) is 3.94. The smallest absolute Gasteiger partial charge is 0.311 e. The number of nitrogens with zero attached hydrogens (tertiary/aromatic N) is 3. The van der Waals surface area contributed by atoms with Crippen molar-refractivity contribution < 1.29 is 19.4 Å². The zero-order valence-corrected chi connectivity index (χ0v) is 12.4. The zero-order valence-electron chi connectivity index (χ0n) is 12.4. The van der Waals surface area contributed by atoms with Crippen molar-refractivity contribution in [2.75, 3.05) is 13.2 Å². The number of benzene rings is 1. The molecule has 24 heavy (non-hydrogen) atoms. The molecule has 9 nitrogen and oxygen atoms in total. The fourth-order valence-electron chi connectivity index (χ4n) is 4.11. The van der Waals surface area contributed by atoms with E-state index in [1.54, 1.807) is 0 Å². The standard InChI is InChI=1S/C15H11N5O4/c16-7-13-11(9-1-3-10(4-2-9)20(21)22)14(13,8-17)15(19-12(13)18)23-5-6-24-15/h1-4,11H,5-6H2,(H2,18,19)/p+1/t11-,13-,14-/m1/s1. The molecular formula is C15H12N5O4+. The number of amidine groups is 1. The zero-order chi connectivity index (χ0) is 17.2. The molecule has 2 aliphatic heterocycles. The first-order valence-electron chi connectivity index (χ1n) is 7.25. The second-order valence-corrected chi connectivity index (χ2v) is 5.97. The van der Waals surface area contributed by atoms with E-state index >= 15 is 0 Å². The van der Waals surface area contributed by atoms with Gasteiger partial charge < -0.3 is 9.47 Å². The number of hydrogen-bond donors (Lipinski definition) is 2. The summed E-state index contributed by atoms with van der Waals surface area (Å²) in [6.45, 7) is 0.552. The Hall–Kier alpha value is -3.01. The van der Waals surface area contributed by atoms with E-state index in [2.05, 4.69) is 17.1 Å². The molecule has 1 aromatic rings. The lowest BCUT2D eigenvalue weighted by atomic mass is 9.94. The SMILES string of the molecule is N#C[C@@]12C(N)=[NH+]C3(OCCO3)[C@]1(C#N)[C@@H]2c1ccc([N+](=O)[O-])cc1. The van der Waals surface area contributed by atoms with E-state index in [9.17, 15) is 20.6 Å². The van der Waals surface area contributed by atoms with Crippen molar-refractivity contribution in [2.45, 2.75) is 11.8 Å². The molecule has 1 aromatic carbocycles. The highest BCUT2D eigenvalue weighted by molar-refractivity contribution is 5.95. The molecule has 120 valence electrons. The van der Waals surface area contributed by atoms with Gasteiger partial charge >= 0.3 is 5.91 Å². The van der Waals surface area contributed by atoms with Gasteiger partial charge in [-0.25, -0.2) is 4.99 Å². The minimum atomic E-state index is -1.46. The van der Waals surface area contributed by atoms with E-state index in [1.807, 2.05) is 0 Å². The van der Waals surface area contributed by atoms with Crippen LogP contribution in [0.4, 0.5) is 5.69 Å². The van der Waals surface area contributed by atoms with Crippen LogP contribution in [0.1, 0.15) is 11.5 Å². The Bertz CT molecular complexity index is 861. The van der Waals surface area contributed by atoms with E-state index in [4.69, 9.17) is 15.2 Å². The minimum absolute atomic E-state index is 0.0697. The largest absolute Gasteiger partial charge is 0.343 e. The van der Waals surface area contributed by atoms with Crippen LogP contribution in [0.2, 0.25) is 0 Å². The maximum absolute atomic E-state index is 10.8. The number of non-ortho nitro benzene ring substituents is 1. The number of nitriles is 2. The summed E-state index contributed by atoms with van der Waals surface area (Å²) in [5, 5.41) is 30.5. The Morgan fingerprint density at radius 3 is 2.38 bits per heavy atom. The number of nitrogens with two attached hydrogens (primary N) is 1. The molecule has 3 N–H and O–H groups in total. The molecule has 1 spiro atoms. The summed E-state index contributed by atoms with van der Waals surface area (Å²) in [6.07, 6.45) is 0. The molecule has 2 fully saturated rings. The quantitative estimate of drug-likeness (QED) is 0.515. The molecular weight excluding hydrogens is 314 g/mol. The normalized spacial score (nSPS) is 34.9. The van der Waals surface area contributed by atoms with Gasteiger partial charge in [0.1, 0.15) is 0 Å². The van der Waals surface area contributed by atoms with Gasteiger partial charge in [-0.2, -0.15) is 10.5 Å². The molecule has 4 rings (SSSR count). The van der Waals surface area contributed by atoms with E-state index in [0.29, 0.717) is 5.56 Å². The van der Waals surface area contributed by atoms with Crippen LogP contribution >= 0.6 is 0 Å². The van der Waals surface area contributed by atoms with Gasteiger partial charge in [0, 0.05) is 18.1 Å². The van der Waals surface area contributed by atoms with Gasteiger partial charge in [-0.1, -0.05) is 12.1 Å². The fourth-order valence-corrected chi connectivity index (χ4v) is 4.11. The van der Waals surface area contributed by atoms with E-state index in [1.165, 1.54) is 24.3 Å². The van der Waals surface area contributed by atoms with Gasteiger partial charge in [-0.15, -0.1) is 0 Å². The first kappa shape index (κ1) is 14.6. The maximum Gasteiger partial charge on any atom is 0.343 e. The Balaban J connectivity index is 1.86. The number of hydrogen-bond acceptors (Lipinski definition) is 7. The number of ether oxygens (including phenoxy) is 2. The monoisotopic (exact) mass is 326 g/mol. The average molecular weight is 326 g/mol. The van der Waals surface area contributed by atoms with Crippen LogP contribution in [0.3, 0.4) is 0 Å². The lowest BCUT2D eigenvalue weighted by molar-refractivity contribution is -0.676. The molecule has 9 heteroatoms. The predicted molar refractivity (Wildman–Crippen MR) is 76.7 cm³/mol. The Kier molecular flexibility index (Phi) is 2.61. The Labute approximate surface area is 136 Å². The van der Waals surface area contributed by atoms with E-state index in [0.717, 1.165) is 0 Å². The highest BCUT2D eigenvalue weighted by atomic mass is 16.8. The van der Waals surface area contributed by atoms with Crippen LogP contribution in [-0.2, 0) is 9.47 Å². The molecule has 1 saturated carbocycles. The minimum Gasteiger partial charge on any atom is -0.311 e. The van der Waals surface area contributed by atoms with E-state index in [-0.39, 0.29) is 24.7 Å². The number of rotatable bonds is 2.